The summed E-state index contributed by atoms with van der Waals surface area (Å²) in [6, 6.07) is 2.03. The fourth-order valence-electron chi connectivity index (χ4n) is 1.04. The lowest BCUT2D eigenvalue weighted by Crippen LogP contribution is -2.10. The maximum Gasteiger partial charge on any atom is 0.336 e. The molecule has 0 aromatic heterocycles. The van der Waals surface area contributed by atoms with Crippen LogP contribution in [0.1, 0.15) is 20.7 Å². The normalized spacial score (nSPS) is 10.4. The second-order valence-electron chi connectivity index (χ2n) is 2.77. The Morgan fingerprint density at radius 2 is 1.53 bits per heavy atom. The molecule has 0 radical (unpaired) electrons. The Labute approximate surface area is 95.8 Å². The van der Waals surface area contributed by atoms with E-state index < -0.39 is 38.1 Å². The molecule has 8 nitrogen and oxygen atoms in total. The molecule has 0 atom stereocenters. The van der Waals surface area contributed by atoms with Crippen molar-refractivity contribution in [2.24, 2.45) is 0 Å². The fraction of sp³-hybridized carbons (Fsp3) is 0. The van der Waals surface area contributed by atoms with Crippen molar-refractivity contribution in [2.45, 2.75) is 4.90 Å². The molecule has 0 aliphatic heterocycles. The van der Waals surface area contributed by atoms with Crippen LogP contribution >= 0.6 is 0 Å². The first-order valence-electron chi connectivity index (χ1n) is 3.80. The summed E-state index contributed by atoms with van der Waals surface area (Å²) in [5.41, 5.74) is -1.33. The highest BCUT2D eigenvalue weighted by Gasteiger charge is 2.17. The van der Waals surface area contributed by atoms with E-state index in [4.69, 9.17) is 10.2 Å². The van der Waals surface area contributed by atoms with Crippen LogP contribution in [0.2, 0.25) is 0 Å². The van der Waals surface area contributed by atoms with E-state index in [1.165, 1.54) is 0 Å². The number of carboxylic acid groups (broad SMARTS) is 2. The van der Waals surface area contributed by atoms with Gasteiger partial charge in [0.15, 0.2) is 0 Å². The molecule has 1 aromatic rings. The van der Waals surface area contributed by atoms with Crippen molar-refractivity contribution >= 4 is 22.1 Å². The summed E-state index contributed by atoms with van der Waals surface area (Å²) in [6.07, 6.45) is 0. The molecule has 0 fully saturated rings. The van der Waals surface area contributed by atoms with Crippen LogP contribution in [0.4, 0.5) is 0 Å². The second kappa shape index (κ2) is 4.91. The number of hydrogen-bond donors (Lipinski definition) is 3. The quantitative estimate of drug-likeness (QED) is 0.661. The van der Waals surface area contributed by atoms with Gasteiger partial charge in [-0.05, 0) is 18.2 Å². The van der Waals surface area contributed by atoms with Gasteiger partial charge in [0.25, 0.3) is 0 Å². The van der Waals surface area contributed by atoms with E-state index in [0.717, 1.165) is 12.1 Å². The van der Waals surface area contributed by atoms with Crippen molar-refractivity contribution in [1.82, 2.24) is 6.15 Å². The average Bonchev–Trinajstić information content (AvgIpc) is 2.15. The zero-order valence-electron chi connectivity index (χ0n) is 8.58. The molecule has 94 valence electrons. The van der Waals surface area contributed by atoms with Gasteiger partial charge in [-0.25, -0.2) is 18.0 Å². The van der Waals surface area contributed by atoms with Crippen molar-refractivity contribution < 1.29 is 32.8 Å². The topological polar surface area (TPSA) is 168 Å². The summed E-state index contributed by atoms with van der Waals surface area (Å²) in [5, 5.41) is 17.3. The van der Waals surface area contributed by atoms with Crippen molar-refractivity contribution in [3.05, 3.63) is 29.3 Å². The van der Waals surface area contributed by atoms with E-state index >= 15 is 0 Å². The zero-order valence-corrected chi connectivity index (χ0v) is 9.39. The molecule has 0 amide bonds. The van der Waals surface area contributed by atoms with Gasteiger partial charge in [0.1, 0.15) is 10.1 Å². The maximum absolute atomic E-state index is 10.6. The number of hydrogen-bond acceptors (Lipinski definition) is 5. The van der Waals surface area contributed by atoms with E-state index in [0.29, 0.717) is 6.07 Å². The third-order valence-corrected chi connectivity index (χ3v) is 2.57. The van der Waals surface area contributed by atoms with Gasteiger partial charge in [-0.2, -0.15) is 0 Å². The van der Waals surface area contributed by atoms with Gasteiger partial charge in [0.05, 0.1) is 16.0 Å². The van der Waals surface area contributed by atoms with E-state index in [1.807, 2.05) is 0 Å². The van der Waals surface area contributed by atoms with Gasteiger partial charge >= 0.3 is 11.9 Å². The van der Waals surface area contributed by atoms with Crippen LogP contribution in [0.3, 0.4) is 0 Å². The molecule has 0 bridgehead atoms. The summed E-state index contributed by atoms with van der Waals surface area (Å²) in [4.78, 5) is 20.5. The summed E-state index contributed by atoms with van der Waals surface area (Å²) >= 11 is 0. The highest BCUT2D eigenvalue weighted by Crippen LogP contribution is 2.16. The first-order valence-corrected chi connectivity index (χ1v) is 5.21. The maximum atomic E-state index is 10.6. The lowest BCUT2D eigenvalue weighted by atomic mass is 10.1. The Bertz CT molecular complexity index is 563. The van der Waals surface area contributed by atoms with Crippen LogP contribution in [0.5, 0.6) is 0 Å². The molecular formula is C8H9NO7S. The Balaban J connectivity index is 0.00000256. The van der Waals surface area contributed by atoms with Crippen LogP contribution in [-0.2, 0) is 10.1 Å². The van der Waals surface area contributed by atoms with Crippen molar-refractivity contribution in [3.8, 4) is 0 Å². The van der Waals surface area contributed by atoms with Crippen LogP contribution in [0.25, 0.3) is 0 Å². The standard InChI is InChI=1S/C8H6O7S.H3N/c9-7(10)5-2-1-4(16(13,14)15)3-6(5)8(11)12;/h1-3H,(H,9,10)(H,11,12)(H,13,14,15);1H3. The summed E-state index contributed by atoms with van der Waals surface area (Å²) in [5.74, 6) is -3.14. The highest BCUT2D eigenvalue weighted by molar-refractivity contribution is 7.85. The van der Waals surface area contributed by atoms with Crippen LogP contribution in [0.15, 0.2) is 23.1 Å². The molecule has 17 heavy (non-hydrogen) atoms. The van der Waals surface area contributed by atoms with Gasteiger partial charge in [-0.1, -0.05) is 0 Å². The van der Waals surface area contributed by atoms with Gasteiger partial charge in [0, 0.05) is 0 Å². The molecule has 6 N–H and O–H groups in total. The lowest BCUT2D eigenvalue weighted by molar-refractivity contribution is 0.0651. The minimum atomic E-state index is -4.81. The Hall–Kier alpha value is -1.97. The first-order chi connectivity index (χ1) is 7.23. The first kappa shape index (κ1) is 15.0. The SMILES string of the molecule is O=C(O)c1ccc(S(=O)(=O)[O-])cc1C(=O)O.[NH4+]. The van der Waals surface area contributed by atoms with Gasteiger partial charge < -0.3 is 20.9 Å². The summed E-state index contributed by atoms with van der Waals surface area (Å²) in [7, 11) is -4.81. The third kappa shape index (κ3) is 3.24. The molecule has 0 saturated heterocycles. The predicted octanol–water partition coefficient (Wildman–Crippen LogP) is 0.363. The number of aromatic carboxylic acids is 2. The Kier molecular flexibility index (Phi) is 4.34. The predicted molar refractivity (Wildman–Crippen MR) is 54.3 cm³/mol. The van der Waals surface area contributed by atoms with Gasteiger partial charge in [-0.3, -0.25) is 0 Å². The van der Waals surface area contributed by atoms with E-state index in [9.17, 15) is 22.6 Å². The average molecular weight is 263 g/mol. The lowest BCUT2D eigenvalue weighted by Gasteiger charge is -2.09. The Morgan fingerprint density at radius 3 is 1.88 bits per heavy atom. The Morgan fingerprint density at radius 1 is 1.06 bits per heavy atom. The van der Waals surface area contributed by atoms with E-state index in [1.54, 1.807) is 0 Å². The number of quaternary nitrogens is 1. The largest absolute Gasteiger partial charge is 0.744 e. The number of carboxylic acids is 2. The smallest absolute Gasteiger partial charge is 0.336 e. The monoisotopic (exact) mass is 263 g/mol. The van der Waals surface area contributed by atoms with E-state index in [2.05, 4.69) is 0 Å². The number of carbonyl (C=O) groups is 2. The molecule has 0 spiro atoms. The van der Waals surface area contributed by atoms with Crippen molar-refractivity contribution in [1.29, 1.82) is 0 Å². The minimum absolute atomic E-state index is 0. The van der Waals surface area contributed by atoms with Gasteiger partial charge in [-0.15, -0.1) is 0 Å². The van der Waals surface area contributed by atoms with Gasteiger partial charge in [0.2, 0.25) is 0 Å². The fourth-order valence-corrected chi connectivity index (χ4v) is 1.54. The molecule has 0 aliphatic carbocycles. The molecule has 1 rings (SSSR count). The molecule has 9 heteroatoms. The zero-order chi connectivity index (χ0) is 12.5. The molecular weight excluding hydrogens is 254 g/mol. The molecule has 0 aliphatic rings. The van der Waals surface area contributed by atoms with Crippen LogP contribution < -0.4 is 6.15 Å². The minimum Gasteiger partial charge on any atom is -0.744 e. The van der Waals surface area contributed by atoms with E-state index in [-0.39, 0.29) is 6.15 Å². The summed E-state index contributed by atoms with van der Waals surface area (Å²) < 4.78 is 31.8. The molecule has 0 heterocycles. The highest BCUT2D eigenvalue weighted by atomic mass is 32.2. The third-order valence-electron chi connectivity index (χ3n) is 1.74. The van der Waals surface area contributed by atoms with Crippen molar-refractivity contribution in [3.63, 3.8) is 0 Å². The summed E-state index contributed by atoms with van der Waals surface area (Å²) in [6.45, 7) is 0. The number of rotatable bonds is 3. The number of benzene rings is 1. The molecule has 1 aromatic carbocycles. The second-order valence-corrected chi connectivity index (χ2v) is 4.15. The van der Waals surface area contributed by atoms with Crippen LogP contribution in [0, 0.1) is 0 Å². The molecule has 0 unspecified atom stereocenters. The van der Waals surface area contributed by atoms with Crippen LogP contribution in [-0.4, -0.2) is 35.1 Å². The molecule has 0 saturated carbocycles. The van der Waals surface area contributed by atoms with Crippen molar-refractivity contribution in [2.75, 3.05) is 0 Å².